The number of aromatic nitrogens is 1. The summed E-state index contributed by atoms with van der Waals surface area (Å²) in [5, 5.41) is 13.2. The van der Waals surface area contributed by atoms with Gasteiger partial charge in [-0.25, -0.2) is 18.6 Å². The maximum absolute atomic E-state index is 14.1. The quantitative estimate of drug-likeness (QED) is 0.561. The Morgan fingerprint density at radius 3 is 2.44 bits per heavy atom. The highest BCUT2D eigenvalue weighted by Crippen LogP contribution is 2.41. The number of halogens is 2. The molecule has 4 rings (SSSR count). The zero-order chi connectivity index (χ0) is 26.0. The van der Waals surface area contributed by atoms with Crippen LogP contribution >= 0.6 is 0 Å². The molecule has 2 N–H and O–H groups in total. The highest BCUT2D eigenvalue weighted by molar-refractivity contribution is 5.95. The van der Waals surface area contributed by atoms with Crippen molar-refractivity contribution < 1.29 is 28.3 Å². The maximum Gasteiger partial charge on any atom is 0.408 e. The fourth-order valence-electron chi connectivity index (χ4n) is 5.59. The zero-order valence-corrected chi connectivity index (χ0v) is 20.3. The number of hydrogen-bond donors (Lipinski definition) is 2. The fraction of sp³-hybridized carbons (Fsp3) is 0.462. The van der Waals surface area contributed by atoms with E-state index in [1.165, 1.54) is 19.2 Å². The second-order valence-electron chi connectivity index (χ2n) is 9.39. The number of anilines is 1. The third-order valence-corrected chi connectivity index (χ3v) is 7.47. The van der Waals surface area contributed by atoms with Gasteiger partial charge in [-0.05, 0) is 56.5 Å². The van der Waals surface area contributed by atoms with E-state index in [1.54, 1.807) is 19.1 Å². The number of piperidine rings is 1. The van der Waals surface area contributed by atoms with E-state index in [1.807, 2.05) is 4.90 Å². The normalized spacial score (nSPS) is 22.4. The van der Waals surface area contributed by atoms with Crippen molar-refractivity contribution in [3.05, 3.63) is 59.3 Å². The summed E-state index contributed by atoms with van der Waals surface area (Å²) in [4.78, 5) is 45.5. The largest absolute Gasteiger partial charge is 0.465 e. The van der Waals surface area contributed by atoms with Gasteiger partial charge in [-0.3, -0.25) is 14.5 Å². The molecule has 0 aliphatic carbocycles. The van der Waals surface area contributed by atoms with Crippen LogP contribution in [-0.4, -0.2) is 70.9 Å². The number of pyridine rings is 1. The number of benzene rings is 1. The molecular formula is C26H30F2N4O4. The van der Waals surface area contributed by atoms with Gasteiger partial charge in [-0.2, -0.15) is 0 Å². The summed E-state index contributed by atoms with van der Waals surface area (Å²) >= 11 is 0. The number of amides is 1. The number of carbonyl (C=O) groups excluding carboxylic acids is 2. The van der Waals surface area contributed by atoms with Crippen LogP contribution in [0.3, 0.4) is 0 Å². The summed E-state index contributed by atoms with van der Waals surface area (Å²) in [5.41, 5.74) is -0.519. The number of hydrogen-bond acceptors (Lipinski definition) is 6. The highest BCUT2D eigenvalue weighted by Gasteiger charge is 2.56. The minimum atomic E-state index is -1.43. The number of nitrogens with one attached hydrogen (secondary N) is 1. The van der Waals surface area contributed by atoms with Crippen LogP contribution < -0.4 is 10.2 Å². The van der Waals surface area contributed by atoms with Crippen LogP contribution in [0, 0.1) is 17.6 Å². The Morgan fingerprint density at radius 1 is 1.17 bits per heavy atom. The lowest BCUT2D eigenvalue weighted by molar-refractivity contribution is -0.135. The molecule has 3 heterocycles. The van der Waals surface area contributed by atoms with Gasteiger partial charge in [0, 0.05) is 56.3 Å². The molecule has 2 aliphatic rings. The van der Waals surface area contributed by atoms with Crippen molar-refractivity contribution in [1.29, 1.82) is 0 Å². The molecule has 2 fully saturated rings. The maximum atomic E-state index is 14.1. The van der Waals surface area contributed by atoms with Crippen LogP contribution in [0.25, 0.3) is 0 Å². The summed E-state index contributed by atoms with van der Waals surface area (Å²) < 4.78 is 27.7. The van der Waals surface area contributed by atoms with Crippen molar-refractivity contribution in [2.45, 2.75) is 38.1 Å². The molecule has 2 aliphatic heterocycles. The smallest absolute Gasteiger partial charge is 0.408 e. The average Bonchev–Trinajstić information content (AvgIpc) is 3.31. The number of carboxylic acid groups (broad SMARTS) is 1. The molecule has 36 heavy (non-hydrogen) atoms. The first kappa shape index (κ1) is 25.7. The second-order valence-corrected chi connectivity index (χ2v) is 9.39. The van der Waals surface area contributed by atoms with Gasteiger partial charge in [0.25, 0.3) is 0 Å². The van der Waals surface area contributed by atoms with Gasteiger partial charge in [0.05, 0.1) is 0 Å². The topological polar surface area (TPSA) is 103 Å². The molecule has 192 valence electrons. The molecule has 1 amide bonds. The van der Waals surface area contributed by atoms with E-state index in [9.17, 15) is 28.3 Å². The summed E-state index contributed by atoms with van der Waals surface area (Å²) in [6.07, 6.45) is 1.30. The van der Waals surface area contributed by atoms with E-state index < -0.39 is 35.1 Å². The van der Waals surface area contributed by atoms with Crippen LogP contribution in [0.1, 0.15) is 48.5 Å². The van der Waals surface area contributed by atoms with Crippen molar-refractivity contribution in [3.63, 3.8) is 0 Å². The molecule has 10 heteroatoms. The molecule has 0 unspecified atom stereocenters. The highest BCUT2D eigenvalue weighted by atomic mass is 19.2. The number of carbonyl (C=O) groups is 3. The molecule has 0 spiro atoms. The van der Waals surface area contributed by atoms with Crippen molar-refractivity contribution in [2.24, 2.45) is 5.92 Å². The molecular weight excluding hydrogens is 470 g/mol. The van der Waals surface area contributed by atoms with Crippen molar-refractivity contribution in [1.82, 2.24) is 15.2 Å². The van der Waals surface area contributed by atoms with Crippen LogP contribution in [0.15, 0.2) is 36.5 Å². The minimum Gasteiger partial charge on any atom is -0.465 e. The summed E-state index contributed by atoms with van der Waals surface area (Å²) in [7, 11) is 0. The molecule has 2 saturated heterocycles. The molecule has 0 saturated carbocycles. The van der Waals surface area contributed by atoms with Crippen molar-refractivity contribution >= 4 is 23.5 Å². The van der Waals surface area contributed by atoms with Gasteiger partial charge in [-0.15, -0.1) is 0 Å². The molecule has 0 radical (unpaired) electrons. The average molecular weight is 501 g/mol. The number of Topliss-reactive ketones (excluding diaryl/α,β-unsaturated/α-hetero) is 2. The lowest BCUT2D eigenvalue weighted by atomic mass is 9.71. The molecule has 8 nitrogen and oxygen atoms in total. The number of ketones is 2. The van der Waals surface area contributed by atoms with Gasteiger partial charge < -0.3 is 15.3 Å². The van der Waals surface area contributed by atoms with Gasteiger partial charge in [0.15, 0.2) is 23.2 Å². The third kappa shape index (κ3) is 4.57. The van der Waals surface area contributed by atoms with Crippen LogP contribution in [0.2, 0.25) is 0 Å². The Kier molecular flexibility index (Phi) is 7.35. The first-order chi connectivity index (χ1) is 17.2. The summed E-state index contributed by atoms with van der Waals surface area (Å²) in [5.74, 6) is -2.65. The van der Waals surface area contributed by atoms with Gasteiger partial charge in [0.2, 0.25) is 0 Å². The number of likely N-dealkylation sites (N-methyl/N-ethyl adjacent to an activating group) is 1. The van der Waals surface area contributed by atoms with Gasteiger partial charge in [-0.1, -0.05) is 6.07 Å². The predicted octanol–water partition coefficient (Wildman–Crippen LogP) is 3.47. The number of nitrogens with zero attached hydrogens (tertiary/aromatic N) is 3. The molecule has 1 aromatic carbocycles. The lowest BCUT2D eigenvalue weighted by Crippen LogP contribution is -2.63. The molecule has 1 aromatic heterocycles. The minimum absolute atomic E-state index is 0.0664. The molecule has 0 bridgehead atoms. The van der Waals surface area contributed by atoms with Crippen molar-refractivity contribution in [3.8, 4) is 0 Å². The Balaban J connectivity index is 1.60. The molecule has 2 aromatic rings. The van der Waals surface area contributed by atoms with Crippen molar-refractivity contribution in [2.75, 3.05) is 37.6 Å². The SMILES string of the molecule is CCN(C(=O)O)[C@]1(C(=O)C2CCN(c3ccc(C(C)=O)cn3)CC2)CNC[C@H]1c1ccc(F)c(F)c1. The number of rotatable bonds is 7. The first-order valence-corrected chi connectivity index (χ1v) is 12.1. The van der Waals surface area contributed by atoms with E-state index in [-0.39, 0.29) is 31.2 Å². The lowest BCUT2D eigenvalue weighted by Gasteiger charge is -2.45. The van der Waals surface area contributed by atoms with E-state index >= 15 is 0 Å². The van der Waals surface area contributed by atoms with E-state index in [2.05, 4.69) is 10.3 Å². The van der Waals surface area contributed by atoms with Crippen LogP contribution in [-0.2, 0) is 4.79 Å². The third-order valence-electron chi connectivity index (χ3n) is 7.47. The van der Waals surface area contributed by atoms with Gasteiger partial charge >= 0.3 is 6.09 Å². The summed E-state index contributed by atoms with van der Waals surface area (Å²) in [6, 6.07) is 7.00. The van der Waals surface area contributed by atoms with Gasteiger partial charge in [0.1, 0.15) is 11.4 Å². The van der Waals surface area contributed by atoms with E-state index in [4.69, 9.17) is 0 Å². The molecule has 2 atom stereocenters. The van der Waals surface area contributed by atoms with Crippen LogP contribution in [0.4, 0.5) is 19.4 Å². The van der Waals surface area contributed by atoms with E-state index in [0.717, 1.165) is 17.0 Å². The summed E-state index contributed by atoms with van der Waals surface area (Å²) in [6.45, 7) is 4.68. The fourth-order valence-corrected chi connectivity index (χ4v) is 5.59. The Labute approximate surface area is 208 Å². The standard InChI is InChI=1S/C26H30F2N4O4/c1-3-32(25(35)36)26(15-29-14-20(26)18-4-6-21(27)22(28)12-18)24(34)17-8-10-31(11-9-17)23-7-5-19(13-30-23)16(2)33/h4-7,12-13,17,20,29H,3,8-11,14-15H2,1-2H3,(H,35,36)/t20-,26+/m0/s1. The Morgan fingerprint density at radius 2 is 1.89 bits per heavy atom. The zero-order valence-electron chi connectivity index (χ0n) is 20.3. The van der Waals surface area contributed by atoms with Crippen LogP contribution in [0.5, 0.6) is 0 Å². The first-order valence-electron chi connectivity index (χ1n) is 12.1. The van der Waals surface area contributed by atoms with E-state index in [0.29, 0.717) is 42.9 Å². The Hall–Kier alpha value is -3.40. The second kappa shape index (κ2) is 10.3. The predicted molar refractivity (Wildman–Crippen MR) is 129 cm³/mol. The monoisotopic (exact) mass is 500 g/mol. The Bertz CT molecular complexity index is 1150.